The lowest BCUT2D eigenvalue weighted by Crippen LogP contribution is -2.27. The molecule has 0 heterocycles. The third kappa shape index (κ3) is 7.95. The van der Waals surface area contributed by atoms with Crippen LogP contribution in [0.4, 0.5) is 0 Å². The zero-order valence-electron chi connectivity index (χ0n) is 6.65. The molecule has 0 bridgehead atoms. The van der Waals surface area contributed by atoms with Crippen LogP contribution in [0.3, 0.4) is 0 Å². The molecule has 0 rings (SSSR count). The van der Waals surface area contributed by atoms with Crippen molar-refractivity contribution in [1.29, 1.82) is 0 Å². The number of hydrogen-bond donors (Lipinski definition) is 1. The highest BCUT2D eigenvalue weighted by Crippen LogP contribution is 1.91. The van der Waals surface area contributed by atoms with E-state index in [-0.39, 0.29) is 0 Å². The summed E-state index contributed by atoms with van der Waals surface area (Å²) >= 11 is 5.52. The summed E-state index contributed by atoms with van der Waals surface area (Å²) in [7, 11) is 4.08. The van der Waals surface area contributed by atoms with Gasteiger partial charge in [-0.05, 0) is 14.1 Å². The number of nitrogens with zero attached hydrogens (tertiary/aromatic N) is 1. The van der Waals surface area contributed by atoms with Gasteiger partial charge in [-0.2, -0.15) is 0 Å². The highest BCUT2D eigenvalue weighted by atomic mass is 35.5. The van der Waals surface area contributed by atoms with Crippen molar-refractivity contribution in [2.75, 3.05) is 33.7 Å². The summed E-state index contributed by atoms with van der Waals surface area (Å²) in [6.07, 6.45) is 0. The number of halogens is 1. The van der Waals surface area contributed by atoms with Crippen LogP contribution in [0.1, 0.15) is 0 Å². The predicted octanol–water partition coefficient (Wildman–Crippen LogP) is 0.890. The third-order valence-electron chi connectivity index (χ3n) is 1.05. The minimum atomic E-state index is 0.666. The van der Waals surface area contributed by atoms with Gasteiger partial charge in [-0.3, -0.25) is 0 Å². The standard InChI is InChI=1S/C7H15ClN2/c1-7(8)6-9-4-5-10(2)3/h9H,1,4-6H2,2-3H3. The van der Waals surface area contributed by atoms with E-state index in [1.54, 1.807) is 0 Å². The lowest BCUT2D eigenvalue weighted by atomic mass is 10.5. The van der Waals surface area contributed by atoms with Crippen LogP contribution in [0.25, 0.3) is 0 Å². The number of nitrogens with one attached hydrogen (secondary N) is 1. The van der Waals surface area contributed by atoms with Gasteiger partial charge in [-0.15, -0.1) is 0 Å². The molecule has 0 saturated heterocycles. The summed E-state index contributed by atoms with van der Waals surface area (Å²) in [6, 6.07) is 0. The Bertz CT molecular complexity index is 102. The molecule has 0 aliphatic carbocycles. The van der Waals surface area contributed by atoms with E-state index in [9.17, 15) is 0 Å². The summed E-state index contributed by atoms with van der Waals surface area (Å²) in [5.41, 5.74) is 0. The van der Waals surface area contributed by atoms with Crippen molar-refractivity contribution in [3.8, 4) is 0 Å². The lowest BCUT2D eigenvalue weighted by Gasteiger charge is -2.09. The molecule has 0 fully saturated rings. The number of likely N-dealkylation sites (N-methyl/N-ethyl adjacent to an activating group) is 1. The second kappa shape index (κ2) is 5.71. The molecule has 1 N–H and O–H groups in total. The van der Waals surface area contributed by atoms with Gasteiger partial charge in [0.25, 0.3) is 0 Å². The lowest BCUT2D eigenvalue weighted by molar-refractivity contribution is 0.404. The molecule has 0 aromatic rings. The molecule has 3 heteroatoms. The molecule has 0 unspecified atom stereocenters. The minimum absolute atomic E-state index is 0.666. The van der Waals surface area contributed by atoms with Crippen molar-refractivity contribution in [1.82, 2.24) is 10.2 Å². The second-order valence-electron chi connectivity index (χ2n) is 2.50. The molecule has 0 amide bonds. The maximum absolute atomic E-state index is 5.52. The smallest absolute Gasteiger partial charge is 0.0307 e. The second-order valence-corrected chi connectivity index (χ2v) is 3.03. The summed E-state index contributed by atoms with van der Waals surface area (Å²) < 4.78 is 0. The van der Waals surface area contributed by atoms with Gasteiger partial charge in [-0.1, -0.05) is 18.2 Å². The van der Waals surface area contributed by atoms with E-state index in [2.05, 4.69) is 16.8 Å². The van der Waals surface area contributed by atoms with Crippen LogP contribution in [0.5, 0.6) is 0 Å². The van der Waals surface area contributed by atoms with Crippen LogP contribution in [-0.4, -0.2) is 38.6 Å². The molecule has 0 aliphatic heterocycles. The summed E-state index contributed by atoms with van der Waals surface area (Å²) in [4.78, 5) is 2.12. The molecule has 0 atom stereocenters. The van der Waals surface area contributed by atoms with Gasteiger partial charge >= 0.3 is 0 Å². The zero-order chi connectivity index (χ0) is 7.98. The Balaban J connectivity index is 2.98. The quantitative estimate of drug-likeness (QED) is 0.605. The Morgan fingerprint density at radius 2 is 2.20 bits per heavy atom. The Kier molecular flexibility index (Phi) is 5.69. The Morgan fingerprint density at radius 1 is 1.60 bits per heavy atom. The molecule has 0 aliphatic rings. The molecule has 0 aromatic carbocycles. The van der Waals surface area contributed by atoms with Crippen molar-refractivity contribution in [3.63, 3.8) is 0 Å². The molecule has 60 valence electrons. The predicted molar refractivity (Wildman–Crippen MR) is 46.4 cm³/mol. The van der Waals surface area contributed by atoms with Gasteiger partial charge in [0, 0.05) is 24.7 Å². The van der Waals surface area contributed by atoms with Gasteiger partial charge in [0.1, 0.15) is 0 Å². The monoisotopic (exact) mass is 162 g/mol. The van der Waals surface area contributed by atoms with E-state index in [1.165, 1.54) is 0 Å². The van der Waals surface area contributed by atoms with E-state index in [1.807, 2.05) is 14.1 Å². The van der Waals surface area contributed by atoms with E-state index in [0.29, 0.717) is 11.6 Å². The minimum Gasteiger partial charge on any atom is -0.311 e. The molecular weight excluding hydrogens is 148 g/mol. The first-order valence-corrected chi connectivity index (χ1v) is 3.69. The highest BCUT2D eigenvalue weighted by Gasteiger charge is 1.89. The van der Waals surface area contributed by atoms with E-state index >= 15 is 0 Å². The first kappa shape index (κ1) is 9.95. The van der Waals surface area contributed by atoms with Crippen molar-refractivity contribution in [2.24, 2.45) is 0 Å². The molecule has 2 nitrogen and oxygen atoms in total. The van der Waals surface area contributed by atoms with Crippen LogP contribution in [-0.2, 0) is 0 Å². The third-order valence-corrected chi connectivity index (χ3v) is 1.19. The van der Waals surface area contributed by atoms with Gasteiger partial charge < -0.3 is 10.2 Å². The van der Waals surface area contributed by atoms with Crippen LogP contribution in [0.2, 0.25) is 0 Å². The first-order chi connectivity index (χ1) is 4.63. The largest absolute Gasteiger partial charge is 0.311 e. The summed E-state index contributed by atoms with van der Waals surface area (Å²) in [5, 5.41) is 3.81. The molecule has 0 spiro atoms. The van der Waals surface area contributed by atoms with Gasteiger partial charge in [0.05, 0.1) is 0 Å². The van der Waals surface area contributed by atoms with Crippen molar-refractivity contribution < 1.29 is 0 Å². The van der Waals surface area contributed by atoms with Gasteiger partial charge in [-0.25, -0.2) is 0 Å². The summed E-state index contributed by atoms with van der Waals surface area (Å²) in [5.74, 6) is 0. The Morgan fingerprint density at radius 3 is 2.60 bits per heavy atom. The first-order valence-electron chi connectivity index (χ1n) is 3.31. The maximum atomic E-state index is 5.52. The Hall–Kier alpha value is -0.0500. The van der Waals surface area contributed by atoms with Gasteiger partial charge in [0.15, 0.2) is 0 Å². The molecule has 0 radical (unpaired) electrons. The highest BCUT2D eigenvalue weighted by molar-refractivity contribution is 6.29. The SMILES string of the molecule is C=C(Cl)CNCCN(C)C. The van der Waals surface area contributed by atoms with E-state index in [4.69, 9.17) is 11.6 Å². The molecule has 0 saturated carbocycles. The van der Waals surface area contributed by atoms with Crippen LogP contribution < -0.4 is 5.32 Å². The van der Waals surface area contributed by atoms with E-state index < -0.39 is 0 Å². The zero-order valence-corrected chi connectivity index (χ0v) is 7.41. The molecule has 10 heavy (non-hydrogen) atoms. The summed E-state index contributed by atoms with van der Waals surface area (Å²) in [6.45, 7) is 6.25. The van der Waals surface area contributed by atoms with Crippen molar-refractivity contribution in [3.05, 3.63) is 11.6 Å². The number of hydrogen-bond acceptors (Lipinski definition) is 2. The fourth-order valence-corrected chi connectivity index (χ4v) is 0.621. The average Bonchev–Trinajstić information content (AvgIpc) is 1.79. The van der Waals surface area contributed by atoms with Gasteiger partial charge in [0.2, 0.25) is 0 Å². The molecule has 0 aromatic heterocycles. The normalized spacial score (nSPS) is 10.4. The van der Waals surface area contributed by atoms with Crippen molar-refractivity contribution >= 4 is 11.6 Å². The fraction of sp³-hybridized carbons (Fsp3) is 0.714. The fourth-order valence-electron chi connectivity index (χ4n) is 0.527. The van der Waals surface area contributed by atoms with E-state index in [0.717, 1.165) is 13.1 Å². The van der Waals surface area contributed by atoms with Crippen LogP contribution >= 0.6 is 11.6 Å². The van der Waals surface area contributed by atoms with Crippen molar-refractivity contribution in [2.45, 2.75) is 0 Å². The molecular formula is C7H15ClN2. The van der Waals surface area contributed by atoms with Crippen LogP contribution in [0, 0.1) is 0 Å². The number of rotatable bonds is 5. The topological polar surface area (TPSA) is 15.3 Å². The average molecular weight is 163 g/mol. The Labute approximate surface area is 67.9 Å². The maximum Gasteiger partial charge on any atom is 0.0307 e. The van der Waals surface area contributed by atoms with Crippen LogP contribution in [0.15, 0.2) is 11.6 Å².